The molecule has 54 heavy (non-hydrogen) atoms. The summed E-state index contributed by atoms with van der Waals surface area (Å²) in [7, 11) is 0. The number of carbonyl (C=O) groups is 3. The first-order valence-corrected chi connectivity index (χ1v) is 19.7. The number of aryl methyl sites for hydroxylation is 1. The molecule has 3 aromatic carbocycles. The molecule has 5 rings (SSSR count). The number of aliphatic imine (C=N–C) groups is 1. The quantitative estimate of drug-likeness (QED) is 0.0408. The number of rotatable bonds is 22. The van der Waals surface area contributed by atoms with Crippen molar-refractivity contribution in [2.24, 2.45) is 4.99 Å². The van der Waals surface area contributed by atoms with Crippen molar-refractivity contribution in [1.82, 2.24) is 5.32 Å². The highest BCUT2D eigenvalue weighted by Crippen LogP contribution is 2.29. The summed E-state index contributed by atoms with van der Waals surface area (Å²) in [6.07, 6.45) is 13.2. The third-order valence-corrected chi connectivity index (χ3v) is 9.88. The minimum absolute atomic E-state index is 0.00504. The van der Waals surface area contributed by atoms with Gasteiger partial charge in [-0.25, -0.2) is 9.79 Å². The Morgan fingerprint density at radius 3 is 2.37 bits per heavy atom. The second-order valence-electron chi connectivity index (χ2n) is 14.1. The van der Waals surface area contributed by atoms with Gasteiger partial charge in [-0.3, -0.25) is 9.59 Å². The Kier molecular flexibility index (Phi) is 15.4. The fourth-order valence-corrected chi connectivity index (χ4v) is 6.52. The molecule has 288 valence electrons. The van der Waals surface area contributed by atoms with Crippen molar-refractivity contribution in [2.75, 3.05) is 43.3 Å². The molecular formula is C44H56N4O6. The van der Waals surface area contributed by atoms with Gasteiger partial charge < -0.3 is 30.1 Å². The van der Waals surface area contributed by atoms with Gasteiger partial charge in [0.15, 0.2) is 5.78 Å². The van der Waals surface area contributed by atoms with Crippen LogP contribution in [0.25, 0.3) is 0 Å². The first-order valence-electron chi connectivity index (χ1n) is 19.7. The molecular weight excluding hydrogens is 681 g/mol. The zero-order chi connectivity index (χ0) is 38.3. The topological polar surface area (TPSA) is 130 Å². The van der Waals surface area contributed by atoms with E-state index in [1.54, 1.807) is 36.4 Å². The zero-order valence-corrected chi connectivity index (χ0v) is 32.1. The smallest absolute Gasteiger partial charge is 0.338 e. The van der Waals surface area contributed by atoms with E-state index in [9.17, 15) is 19.5 Å². The van der Waals surface area contributed by atoms with Crippen molar-refractivity contribution in [3.8, 4) is 0 Å². The number of esters is 1. The summed E-state index contributed by atoms with van der Waals surface area (Å²) in [5.41, 5.74) is 6.01. The molecule has 10 nitrogen and oxygen atoms in total. The first-order chi connectivity index (χ1) is 26.3. The van der Waals surface area contributed by atoms with E-state index >= 15 is 0 Å². The van der Waals surface area contributed by atoms with Crippen LogP contribution in [-0.2, 0) is 20.8 Å². The lowest BCUT2D eigenvalue weighted by atomic mass is 9.88. The monoisotopic (exact) mass is 736 g/mol. The number of amides is 1. The maximum absolute atomic E-state index is 13.7. The highest BCUT2D eigenvalue weighted by Gasteiger charge is 2.29. The van der Waals surface area contributed by atoms with Crippen molar-refractivity contribution in [2.45, 2.75) is 97.6 Å². The fourth-order valence-electron chi connectivity index (χ4n) is 6.52. The van der Waals surface area contributed by atoms with Crippen LogP contribution in [0.5, 0.6) is 0 Å². The number of nitrogens with zero attached hydrogens (tertiary/aromatic N) is 2. The van der Waals surface area contributed by atoms with Gasteiger partial charge in [0.25, 0.3) is 5.91 Å². The molecule has 3 aromatic rings. The number of carbonyl (C=O) groups excluding carboxylic acids is 3. The van der Waals surface area contributed by atoms with Crippen molar-refractivity contribution in [1.29, 1.82) is 0 Å². The van der Waals surface area contributed by atoms with E-state index in [2.05, 4.69) is 22.5 Å². The highest BCUT2D eigenvalue weighted by molar-refractivity contribution is 6.35. The van der Waals surface area contributed by atoms with E-state index in [0.717, 1.165) is 61.2 Å². The maximum Gasteiger partial charge on any atom is 0.338 e. The van der Waals surface area contributed by atoms with Crippen molar-refractivity contribution in [3.63, 3.8) is 0 Å². The Labute approximate surface area is 320 Å². The van der Waals surface area contributed by atoms with Gasteiger partial charge in [0.2, 0.25) is 0 Å². The zero-order valence-electron chi connectivity index (χ0n) is 32.1. The van der Waals surface area contributed by atoms with Gasteiger partial charge in [-0.05, 0) is 80.6 Å². The largest absolute Gasteiger partial charge is 0.462 e. The number of likely N-dealkylation sites (N-methyl/N-ethyl adjacent to an activating group) is 1. The lowest BCUT2D eigenvalue weighted by molar-refractivity contribution is -0.117. The van der Waals surface area contributed by atoms with Crippen molar-refractivity contribution < 1.29 is 29.0 Å². The normalized spacial score (nSPS) is 14.4. The Hall–Kier alpha value is -4.80. The van der Waals surface area contributed by atoms with Crippen LogP contribution < -0.4 is 15.5 Å². The molecule has 0 atom stereocenters. The summed E-state index contributed by atoms with van der Waals surface area (Å²) in [6, 6.07) is 18.3. The number of unbranched alkanes of at least 4 members (excludes halogenated alkanes) is 7. The van der Waals surface area contributed by atoms with E-state index < -0.39 is 5.91 Å². The van der Waals surface area contributed by atoms with E-state index in [4.69, 9.17) is 14.5 Å². The fraction of sp³-hybridized carbons (Fsp3) is 0.455. The minimum Gasteiger partial charge on any atom is -0.462 e. The predicted molar refractivity (Wildman–Crippen MR) is 215 cm³/mol. The molecule has 1 fully saturated rings. The number of benzene rings is 3. The van der Waals surface area contributed by atoms with Gasteiger partial charge in [0.1, 0.15) is 6.73 Å². The molecule has 0 radical (unpaired) electrons. The van der Waals surface area contributed by atoms with E-state index in [0.29, 0.717) is 41.2 Å². The Morgan fingerprint density at radius 1 is 0.926 bits per heavy atom. The second-order valence-corrected chi connectivity index (χ2v) is 14.1. The van der Waals surface area contributed by atoms with Crippen LogP contribution in [0, 0.1) is 6.92 Å². The number of allylic oxidation sites excluding steroid dienone is 1. The molecule has 2 aliphatic rings. The average Bonchev–Trinajstić information content (AvgIpc) is 4.02. The molecule has 0 heterocycles. The number of Topliss-reactive ketones (excluding diaryl/α,β-unsaturated/α-hetero) is 1. The minimum atomic E-state index is -0.522. The van der Waals surface area contributed by atoms with Crippen LogP contribution in [0.1, 0.15) is 115 Å². The van der Waals surface area contributed by atoms with Crippen molar-refractivity contribution in [3.05, 3.63) is 100 Å². The van der Waals surface area contributed by atoms with Gasteiger partial charge in [-0.1, -0.05) is 82.2 Å². The number of anilines is 2. The van der Waals surface area contributed by atoms with Gasteiger partial charge in [-0.15, -0.1) is 0 Å². The number of hydrogen-bond donors (Lipinski definition) is 3. The molecule has 3 N–H and O–H groups in total. The van der Waals surface area contributed by atoms with Crippen LogP contribution >= 0.6 is 0 Å². The second kappa shape index (κ2) is 20.6. The molecule has 0 unspecified atom stereocenters. The maximum atomic E-state index is 13.7. The number of ketones is 1. The van der Waals surface area contributed by atoms with E-state index in [1.807, 2.05) is 44.2 Å². The summed E-state index contributed by atoms with van der Waals surface area (Å²) >= 11 is 0. The Morgan fingerprint density at radius 2 is 1.67 bits per heavy atom. The molecule has 0 aliphatic heterocycles. The summed E-state index contributed by atoms with van der Waals surface area (Å²) < 4.78 is 11.4. The first kappa shape index (κ1) is 40.4. The van der Waals surface area contributed by atoms with E-state index in [1.165, 1.54) is 32.1 Å². The number of aliphatic hydroxyl groups excluding tert-OH is 1. The molecule has 0 spiro atoms. The molecule has 0 bridgehead atoms. The predicted octanol–water partition coefficient (Wildman–Crippen LogP) is 8.22. The van der Waals surface area contributed by atoms with Crippen LogP contribution in [-0.4, -0.2) is 67.6 Å². The number of aliphatic hydroxyl groups is 1. The van der Waals surface area contributed by atoms with Crippen molar-refractivity contribution >= 4 is 40.4 Å². The molecule has 2 aliphatic carbocycles. The third kappa shape index (κ3) is 11.4. The van der Waals surface area contributed by atoms with Crippen LogP contribution in [0.3, 0.4) is 0 Å². The Balaban J connectivity index is 1.27. The number of hydrogen-bond acceptors (Lipinski definition) is 9. The number of fused-ring (bicyclic) bond motifs is 1. The lowest BCUT2D eigenvalue weighted by Crippen LogP contribution is -2.31. The molecule has 10 heteroatoms. The molecule has 1 saturated carbocycles. The molecule has 0 aromatic heterocycles. The van der Waals surface area contributed by atoms with Crippen LogP contribution in [0.15, 0.2) is 77.3 Å². The Bertz CT molecular complexity index is 1810. The highest BCUT2D eigenvalue weighted by atomic mass is 16.5. The molecule has 1 amide bonds. The summed E-state index contributed by atoms with van der Waals surface area (Å²) in [5, 5.41) is 15.7. The third-order valence-electron chi connectivity index (χ3n) is 9.88. The van der Waals surface area contributed by atoms with Gasteiger partial charge in [0, 0.05) is 42.1 Å². The summed E-state index contributed by atoms with van der Waals surface area (Å²) in [6.45, 7) is 8.33. The van der Waals surface area contributed by atoms with Gasteiger partial charge in [0.05, 0.1) is 41.9 Å². The summed E-state index contributed by atoms with van der Waals surface area (Å²) in [5.74, 6) is -1.28. The SMILES string of the molecule is CCCCCCCCCCOC(=O)c1ccc(CNC(=O)C2=CC(=Nc3ccc(N(CC)CCO)cc3C)c3ccccc3C2=O)c(NCOC2CC2)c1. The average molecular weight is 737 g/mol. The van der Waals surface area contributed by atoms with Gasteiger partial charge in [-0.2, -0.15) is 0 Å². The lowest BCUT2D eigenvalue weighted by Gasteiger charge is -2.23. The summed E-state index contributed by atoms with van der Waals surface area (Å²) in [4.78, 5) is 47.4. The van der Waals surface area contributed by atoms with E-state index in [-0.39, 0.29) is 43.3 Å². The van der Waals surface area contributed by atoms with Gasteiger partial charge >= 0.3 is 5.97 Å². The number of ether oxygens (including phenoxy) is 2. The van der Waals surface area contributed by atoms with Crippen LogP contribution in [0.4, 0.5) is 17.1 Å². The molecule has 0 saturated heterocycles. The standard InChI is InChI=1S/C44H56N4O6/c1-4-6-7-8-9-10-11-14-25-53-44(52)32-17-18-33(40(27-32)46-30-54-35-20-21-35)29-45-43(51)38-28-41(36-15-12-13-16-37(36)42(38)50)47-39-22-19-34(26-31(39)3)48(5-2)23-24-49/h12-13,15-19,22,26-28,35,46,49H,4-11,14,20-21,23-25,29-30H2,1-3H3,(H,45,51). The van der Waals surface area contributed by atoms with Crippen LogP contribution in [0.2, 0.25) is 0 Å². The number of nitrogens with one attached hydrogen (secondary N) is 2.